The van der Waals surface area contributed by atoms with Crippen LogP contribution in [0.5, 0.6) is 46.0 Å². The molecule has 4 radical (unpaired) electrons. The zero-order chi connectivity index (χ0) is 86.1. The summed E-state index contributed by atoms with van der Waals surface area (Å²) in [5.41, 5.74) is 12.9. The van der Waals surface area contributed by atoms with Crippen molar-refractivity contribution in [2.75, 3.05) is 7.11 Å². The van der Waals surface area contributed by atoms with Gasteiger partial charge in [-0.15, -0.1) is 83.4 Å². The fourth-order valence-corrected chi connectivity index (χ4v) is 10.9. The fourth-order valence-electron chi connectivity index (χ4n) is 10.9. The molecule has 12 aromatic rings. The number of hydrogen-bond donors (Lipinski definition) is 8. The molecule has 8 N–H and O–H groups in total. The van der Waals surface area contributed by atoms with E-state index in [1.165, 1.54) is 25.6 Å². The van der Waals surface area contributed by atoms with Gasteiger partial charge >= 0.3 is 5.97 Å². The van der Waals surface area contributed by atoms with Crippen molar-refractivity contribution in [2.24, 2.45) is 0 Å². The molecular weight excluding hydrogens is 2250 g/mol. The van der Waals surface area contributed by atoms with Crippen LogP contribution in [-0.2, 0) is 85.2 Å². The van der Waals surface area contributed by atoms with Gasteiger partial charge in [0.05, 0.1) is 67.3 Å². The predicted molar refractivity (Wildman–Crippen MR) is 452 cm³/mol. The van der Waals surface area contributed by atoms with Crippen LogP contribution in [0.15, 0.2) is 207 Å². The van der Waals surface area contributed by atoms with Crippen LogP contribution >= 0.6 is 0 Å². The zero-order valence-corrected chi connectivity index (χ0v) is 80.5. The smallest absolute Gasteiger partial charge is 0.349 e. The van der Waals surface area contributed by atoms with Gasteiger partial charge in [0.15, 0.2) is 0 Å². The maximum Gasteiger partial charge on any atom is 0.349 e. The Morgan fingerprint density at radius 2 is 0.760 bits per heavy atom. The van der Waals surface area contributed by atoms with Crippen molar-refractivity contribution in [3.05, 3.63) is 288 Å². The minimum absolute atomic E-state index is 0. The fraction of sp³-hybridized carbons (Fsp3) is 0.309. The number of aliphatic hydroxyl groups excluding tert-OH is 8. The molecule has 12 rings (SSSR count). The minimum Gasteiger partial charge on any atom is -0.502 e. The Kier molecular flexibility index (Phi) is 53.5. The number of para-hydroxylation sites is 4. The van der Waals surface area contributed by atoms with E-state index in [1.54, 1.807) is 123 Å². The summed E-state index contributed by atoms with van der Waals surface area (Å²) in [6.07, 6.45) is 8.65. The van der Waals surface area contributed by atoms with Crippen LogP contribution in [-0.4, -0.2) is 143 Å². The predicted octanol–water partition coefficient (Wildman–Crippen LogP) is 17.9. The Morgan fingerprint density at radius 3 is 1.15 bits per heavy atom. The molecule has 4 aromatic heterocycles. The van der Waals surface area contributed by atoms with E-state index in [0.717, 1.165) is 90.7 Å². The van der Waals surface area contributed by atoms with E-state index >= 15 is 0 Å². The van der Waals surface area contributed by atoms with Crippen LogP contribution in [0.2, 0.25) is 0 Å². The maximum atomic E-state index is 14.3. The summed E-state index contributed by atoms with van der Waals surface area (Å²) in [4.78, 5) is 46.2. The molecule has 4 heterocycles. The number of hydrogen-bond acceptors (Lipinski definition) is 22. The molecule has 0 bridgehead atoms. The van der Waals surface area contributed by atoms with Gasteiger partial charge in [0.1, 0.15) is 28.7 Å². The van der Waals surface area contributed by atoms with E-state index in [-0.39, 0.29) is 135 Å². The van der Waals surface area contributed by atoms with Crippen LogP contribution in [0.1, 0.15) is 137 Å². The SMILES string of the molecule is CC(O)CC(C)O.CC(O)CC(C)O.CC(O)CC(C)O.CC(O)CC(C)O.COC(=O)c1nccnc1-c1[c-]cc(Oc2ccccc2)cc1.Cc1[c-]c(-c2nccnc2C)cc(C)c1Oc1ccccc1.Cc1cnc(-c2[c-]cc(Oc3ccccc3)c(C)c2)c(C)n1.Cc1cnc(-c2[c-]cc(Oc3ccccc3)cc2F)c(C)n1.[Ir].[Ir].[Ir].[Ir]. The van der Waals surface area contributed by atoms with Gasteiger partial charge in [-0.2, -0.15) is 0 Å². The Hall–Kier alpha value is -9.04. The van der Waals surface area contributed by atoms with E-state index in [2.05, 4.69) is 64.1 Å². The molecular formula is C94H109FIr4N8O14-4. The van der Waals surface area contributed by atoms with E-state index in [9.17, 15) is 9.18 Å². The Morgan fingerprint density at radius 1 is 0.380 bits per heavy atom. The van der Waals surface area contributed by atoms with Crippen LogP contribution in [0, 0.1) is 85.5 Å². The average molecular weight is 2360 g/mol. The van der Waals surface area contributed by atoms with Crippen molar-refractivity contribution in [1.82, 2.24) is 39.9 Å². The van der Waals surface area contributed by atoms with E-state index < -0.39 is 11.8 Å². The summed E-state index contributed by atoms with van der Waals surface area (Å²) in [7, 11) is 1.31. The van der Waals surface area contributed by atoms with E-state index in [0.29, 0.717) is 71.1 Å². The first-order valence-corrected chi connectivity index (χ1v) is 38.1. The topological polar surface area (TPSA) is 328 Å². The molecule has 0 fully saturated rings. The van der Waals surface area contributed by atoms with Gasteiger partial charge in [0.2, 0.25) is 0 Å². The number of benzene rings is 8. The minimum atomic E-state index is -0.536. The van der Waals surface area contributed by atoms with Gasteiger partial charge in [-0.05, 0) is 164 Å². The van der Waals surface area contributed by atoms with Crippen LogP contribution < -0.4 is 18.9 Å². The molecule has 656 valence electrons. The van der Waals surface area contributed by atoms with E-state index in [1.807, 2.05) is 176 Å². The molecule has 0 aliphatic heterocycles. The molecule has 0 aliphatic carbocycles. The van der Waals surface area contributed by atoms with Gasteiger partial charge in [-0.3, -0.25) is 24.3 Å². The third-order valence-corrected chi connectivity index (χ3v) is 15.9. The number of carbonyl (C=O) groups excluding carboxylic acids is 1. The number of carbonyl (C=O) groups is 1. The quantitative estimate of drug-likeness (QED) is 0.0245. The number of aryl methyl sites for hydroxylation is 8. The summed E-state index contributed by atoms with van der Waals surface area (Å²) < 4.78 is 42.2. The molecule has 8 aromatic carbocycles. The number of aromatic nitrogens is 8. The van der Waals surface area contributed by atoms with Crippen molar-refractivity contribution in [2.45, 2.75) is 185 Å². The second-order valence-electron chi connectivity index (χ2n) is 27.7. The molecule has 0 saturated heterocycles. The summed E-state index contributed by atoms with van der Waals surface area (Å²) in [6, 6.07) is 64.9. The second kappa shape index (κ2) is 58.9. The number of ether oxygens (including phenoxy) is 5. The first-order chi connectivity index (χ1) is 55.7. The van der Waals surface area contributed by atoms with Crippen LogP contribution in [0.4, 0.5) is 4.39 Å². The number of halogens is 1. The van der Waals surface area contributed by atoms with Gasteiger partial charge in [-0.25, -0.2) is 4.79 Å². The van der Waals surface area contributed by atoms with E-state index in [4.69, 9.17) is 64.5 Å². The molecule has 8 atom stereocenters. The largest absolute Gasteiger partial charge is 0.502 e. The zero-order valence-electron chi connectivity index (χ0n) is 70.9. The molecule has 8 unspecified atom stereocenters. The molecule has 27 heteroatoms. The van der Waals surface area contributed by atoms with Crippen LogP contribution in [0.25, 0.3) is 45.0 Å². The van der Waals surface area contributed by atoms with Gasteiger partial charge in [-0.1, -0.05) is 122 Å². The first-order valence-electron chi connectivity index (χ1n) is 38.1. The normalized spacial score (nSPS) is 12.0. The summed E-state index contributed by atoms with van der Waals surface area (Å²) >= 11 is 0. The number of nitrogens with zero attached hydrogens (tertiary/aromatic N) is 8. The summed E-state index contributed by atoms with van der Waals surface area (Å²) in [5, 5.41) is 68.5. The van der Waals surface area contributed by atoms with Crippen molar-refractivity contribution < 1.29 is 154 Å². The standard InChI is InChI=1S/2C19H17N2O.C18H14FN2O.C18H13N2O3.4C5H12O2.4Ir/c1-13-11-16(18-15(3)20-9-10-21-18)12-14(2)19(13)22-17-7-5-4-6-8-17;1-13-11-16(19-15(3)21-14(2)12-20-19)9-10-18(13)22-17-7-5-4-6-8-17;1-12-11-20-18(13(2)21-12)16-9-8-15(10-17(16)19)22-14-6-4-3-5-7-14;1-22-18(21)17-16(19-11-12-20-17)13-7-9-15(10-8-13)23-14-5-3-2-4-6-14;4*1-4(6)3-5(2)7;;;;/h4-11H,1-3H3;4-8,10-12H,1-3H3;3-8,10-11H,1-2H3;2-7,9-12H,1H3;4*4-7H,3H2,1-2H3;;;;/q4*-1;;;;;;;;. The Labute approximate surface area is 765 Å². The molecule has 0 aliphatic rings. The third-order valence-electron chi connectivity index (χ3n) is 15.9. The van der Waals surface area contributed by atoms with Crippen molar-refractivity contribution in [3.8, 4) is 91.0 Å². The molecule has 0 spiro atoms. The summed E-state index contributed by atoms with van der Waals surface area (Å²) in [5.74, 6) is 4.74. The second-order valence-corrected chi connectivity index (χ2v) is 27.7. The number of esters is 1. The third kappa shape index (κ3) is 42.1. The number of aliphatic hydroxyl groups is 8. The molecule has 0 saturated carbocycles. The summed E-state index contributed by atoms with van der Waals surface area (Å²) in [6.45, 7) is 28.8. The monoisotopic (exact) mass is 2360 g/mol. The average Bonchev–Trinajstić information content (AvgIpc) is 0.819. The molecule has 22 nitrogen and oxygen atoms in total. The number of rotatable bonds is 21. The maximum absolute atomic E-state index is 14.3. The number of methoxy groups -OCH3 is 1. The molecule has 0 amide bonds. The molecule has 121 heavy (non-hydrogen) atoms. The van der Waals surface area contributed by atoms with Gasteiger partial charge in [0.25, 0.3) is 0 Å². The van der Waals surface area contributed by atoms with Crippen molar-refractivity contribution in [3.63, 3.8) is 0 Å². The van der Waals surface area contributed by atoms with Crippen molar-refractivity contribution >= 4 is 5.97 Å². The Balaban J connectivity index is 0.000000722. The van der Waals surface area contributed by atoms with Gasteiger partial charge < -0.3 is 84.5 Å². The van der Waals surface area contributed by atoms with Crippen LogP contribution in [0.3, 0.4) is 0 Å². The van der Waals surface area contributed by atoms with Crippen molar-refractivity contribution in [1.29, 1.82) is 0 Å². The first kappa shape index (κ1) is 110. The Bertz CT molecular complexity index is 4790. The van der Waals surface area contributed by atoms with Gasteiger partial charge in [0, 0.05) is 186 Å².